The Bertz CT molecular complexity index is 1140. The molecule has 3 rings (SSSR count). The Labute approximate surface area is 204 Å². The number of carbonyl (C=O) groups excluding carboxylic acids is 4. The molecule has 0 saturated heterocycles. The van der Waals surface area contributed by atoms with Crippen LogP contribution in [0.15, 0.2) is 59.7 Å². The number of ether oxygens (including phenoxy) is 1. The summed E-state index contributed by atoms with van der Waals surface area (Å²) in [6.45, 7) is 3.83. The van der Waals surface area contributed by atoms with Gasteiger partial charge in [0.05, 0.1) is 7.11 Å². The summed E-state index contributed by atoms with van der Waals surface area (Å²) in [6.07, 6.45) is 1.13. The van der Waals surface area contributed by atoms with E-state index in [9.17, 15) is 19.2 Å². The van der Waals surface area contributed by atoms with Crippen LogP contribution >= 0.6 is 0 Å². The van der Waals surface area contributed by atoms with E-state index in [0.717, 1.165) is 5.56 Å². The molecular formula is C27H30N2O6. The van der Waals surface area contributed by atoms with Crippen LogP contribution in [-0.4, -0.2) is 37.2 Å². The third-order valence-corrected chi connectivity index (χ3v) is 6.00. The van der Waals surface area contributed by atoms with Gasteiger partial charge in [-0.3, -0.25) is 14.4 Å². The number of hydrogen-bond donors (Lipinski definition) is 2. The molecule has 2 aromatic carbocycles. The fourth-order valence-electron chi connectivity index (χ4n) is 4.22. The molecule has 2 N–H and O–H groups in total. The van der Waals surface area contributed by atoms with Crippen molar-refractivity contribution in [2.75, 3.05) is 13.7 Å². The van der Waals surface area contributed by atoms with Crippen LogP contribution in [0.2, 0.25) is 0 Å². The molecule has 0 spiro atoms. The molecule has 184 valence electrons. The topological polar surface area (TPSA) is 111 Å². The normalized spacial score (nSPS) is 13.7. The van der Waals surface area contributed by atoms with Crippen molar-refractivity contribution in [1.82, 2.24) is 10.8 Å². The predicted octanol–water partition coefficient (Wildman–Crippen LogP) is 4.51. The standard InChI is InChI=1S/C27H30N2O6/c1-4-28-27(33)35-29-23(30)12-8-7-9-20(18-13-15-19(34-3)16-14-18)24-17(2)25(31)21-10-5-6-11-22(21)26(24)32/h5-6,10-11,13-16,20H,4,7-9,12H2,1-3H3,(H,28,33)(H,29,30). The lowest BCUT2D eigenvalue weighted by Gasteiger charge is -2.26. The fraction of sp³-hybridized carbons (Fsp3) is 0.333. The summed E-state index contributed by atoms with van der Waals surface area (Å²) < 4.78 is 5.26. The van der Waals surface area contributed by atoms with Crippen LogP contribution in [-0.2, 0) is 9.63 Å². The van der Waals surface area contributed by atoms with Crippen molar-refractivity contribution in [3.8, 4) is 5.75 Å². The number of unbranched alkanes of at least 4 members (excludes halogenated alkanes) is 1. The van der Waals surface area contributed by atoms with Crippen molar-refractivity contribution in [3.05, 3.63) is 76.4 Å². The van der Waals surface area contributed by atoms with E-state index in [2.05, 4.69) is 15.6 Å². The van der Waals surface area contributed by atoms with E-state index in [4.69, 9.17) is 4.74 Å². The maximum Gasteiger partial charge on any atom is 0.431 e. The van der Waals surface area contributed by atoms with Gasteiger partial charge in [-0.25, -0.2) is 4.79 Å². The molecule has 2 aromatic rings. The van der Waals surface area contributed by atoms with Gasteiger partial charge in [-0.05, 0) is 44.4 Å². The van der Waals surface area contributed by atoms with Crippen LogP contribution in [0.5, 0.6) is 5.75 Å². The molecule has 8 nitrogen and oxygen atoms in total. The van der Waals surface area contributed by atoms with Gasteiger partial charge in [0, 0.05) is 41.2 Å². The predicted molar refractivity (Wildman–Crippen MR) is 130 cm³/mol. The number of benzene rings is 2. The molecule has 1 aliphatic carbocycles. The average Bonchev–Trinajstić information content (AvgIpc) is 2.87. The molecule has 1 aliphatic rings. The van der Waals surface area contributed by atoms with Gasteiger partial charge in [0.25, 0.3) is 5.91 Å². The fourth-order valence-corrected chi connectivity index (χ4v) is 4.22. The minimum Gasteiger partial charge on any atom is -0.497 e. The van der Waals surface area contributed by atoms with Gasteiger partial charge in [-0.2, -0.15) is 5.48 Å². The molecule has 0 bridgehead atoms. The molecule has 0 radical (unpaired) electrons. The maximum absolute atomic E-state index is 13.5. The smallest absolute Gasteiger partial charge is 0.431 e. The summed E-state index contributed by atoms with van der Waals surface area (Å²) in [6, 6.07) is 14.3. The first-order valence-corrected chi connectivity index (χ1v) is 11.6. The van der Waals surface area contributed by atoms with Gasteiger partial charge in [0.2, 0.25) is 0 Å². The number of carbonyl (C=O) groups is 4. The SMILES string of the molecule is CCNC(=O)ONC(=O)CCCCC(C1=C(C)C(=O)c2ccccc2C1=O)c1ccc(OC)cc1. The molecule has 0 fully saturated rings. The number of amides is 2. The quantitative estimate of drug-likeness (QED) is 0.405. The second-order valence-electron chi connectivity index (χ2n) is 8.26. The van der Waals surface area contributed by atoms with E-state index in [-0.39, 0.29) is 23.9 Å². The number of methoxy groups -OCH3 is 1. The van der Waals surface area contributed by atoms with Crippen molar-refractivity contribution >= 4 is 23.6 Å². The Morgan fingerprint density at radius 2 is 1.60 bits per heavy atom. The van der Waals surface area contributed by atoms with Crippen molar-refractivity contribution in [2.45, 2.75) is 45.4 Å². The Morgan fingerprint density at radius 3 is 2.23 bits per heavy atom. The maximum atomic E-state index is 13.5. The van der Waals surface area contributed by atoms with Gasteiger partial charge in [0.1, 0.15) is 5.75 Å². The van der Waals surface area contributed by atoms with Crippen molar-refractivity contribution in [2.24, 2.45) is 0 Å². The van der Waals surface area contributed by atoms with E-state index in [1.807, 2.05) is 24.3 Å². The molecule has 1 unspecified atom stereocenters. The summed E-state index contributed by atoms with van der Waals surface area (Å²) in [5, 5.41) is 2.42. The second kappa shape index (κ2) is 12.0. The summed E-state index contributed by atoms with van der Waals surface area (Å²) in [5.74, 6) is -0.327. The number of nitrogens with one attached hydrogen (secondary N) is 2. The molecule has 0 saturated carbocycles. The molecule has 8 heteroatoms. The van der Waals surface area contributed by atoms with E-state index < -0.39 is 12.0 Å². The number of Topliss-reactive ketones (excluding diaryl/α,β-unsaturated/α-hetero) is 2. The average molecular weight is 479 g/mol. The van der Waals surface area contributed by atoms with Crippen LogP contribution in [0, 0.1) is 0 Å². The Kier molecular flexibility index (Phi) is 8.78. The second-order valence-corrected chi connectivity index (χ2v) is 8.26. The van der Waals surface area contributed by atoms with Crippen molar-refractivity contribution < 1.29 is 28.8 Å². The summed E-state index contributed by atoms with van der Waals surface area (Å²) in [5.41, 5.74) is 4.79. The van der Waals surface area contributed by atoms with Crippen LogP contribution < -0.4 is 15.5 Å². The number of fused-ring (bicyclic) bond motifs is 1. The van der Waals surface area contributed by atoms with Gasteiger partial charge < -0.3 is 14.9 Å². The summed E-state index contributed by atoms with van der Waals surface area (Å²) >= 11 is 0. The number of allylic oxidation sites excluding steroid dienone is 2. The molecule has 0 aromatic heterocycles. The van der Waals surface area contributed by atoms with E-state index in [1.54, 1.807) is 45.2 Å². The largest absolute Gasteiger partial charge is 0.497 e. The highest BCUT2D eigenvalue weighted by molar-refractivity contribution is 6.27. The highest BCUT2D eigenvalue weighted by Gasteiger charge is 2.34. The first-order valence-electron chi connectivity index (χ1n) is 11.6. The lowest BCUT2D eigenvalue weighted by atomic mass is 9.75. The van der Waals surface area contributed by atoms with Gasteiger partial charge in [-0.15, -0.1) is 0 Å². The van der Waals surface area contributed by atoms with Crippen LogP contribution in [0.1, 0.15) is 71.7 Å². The van der Waals surface area contributed by atoms with Crippen LogP contribution in [0.25, 0.3) is 0 Å². The van der Waals surface area contributed by atoms with E-state index in [0.29, 0.717) is 53.8 Å². The lowest BCUT2D eigenvalue weighted by Crippen LogP contribution is -2.33. The van der Waals surface area contributed by atoms with Gasteiger partial charge in [-0.1, -0.05) is 42.8 Å². The molecule has 1 atom stereocenters. The lowest BCUT2D eigenvalue weighted by molar-refractivity contribution is -0.129. The zero-order chi connectivity index (χ0) is 25.4. The van der Waals surface area contributed by atoms with E-state index in [1.165, 1.54) is 0 Å². The third kappa shape index (κ3) is 6.15. The first-order chi connectivity index (χ1) is 16.9. The van der Waals surface area contributed by atoms with Crippen LogP contribution in [0.3, 0.4) is 0 Å². The number of rotatable bonds is 9. The Balaban J connectivity index is 1.76. The summed E-state index contributed by atoms with van der Waals surface area (Å²) in [7, 11) is 1.58. The Morgan fingerprint density at radius 1 is 0.943 bits per heavy atom. The van der Waals surface area contributed by atoms with Crippen molar-refractivity contribution in [3.63, 3.8) is 0 Å². The monoisotopic (exact) mass is 478 g/mol. The molecule has 0 heterocycles. The van der Waals surface area contributed by atoms with Crippen LogP contribution in [0.4, 0.5) is 4.79 Å². The van der Waals surface area contributed by atoms with Gasteiger partial charge >= 0.3 is 6.09 Å². The Hall–Kier alpha value is -3.94. The molecule has 2 amide bonds. The molecular weight excluding hydrogens is 448 g/mol. The summed E-state index contributed by atoms with van der Waals surface area (Å²) in [4.78, 5) is 54.5. The number of hydroxylamine groups is 1. The minimum atomic E-state index is -0.719. The first kappa shape index (κ1) is 25.7. The number of ketones is 2. The highest BCUT2D eigenvalue weighted by Crippen LogP contribution is 2.38. The van der Waals surface area contributed by atoms with Crippen molar-refractivity contribution in [1.29, 1.82) is 0 Å². The molecule has 0 aliphatic heterocycles. The molecule has 35 heavy (non-hydrogen) atoms. The zero-order valence-electron chi connectivity index (χ0n) is 20.2. The number of hydrogen-bond acceptors (Lipinski definition) is 6. The zero-order valence-corrected chi connectivity index (χ0v) is 20.2. The van der Waals surface area contributed by atoms with E-state index >= 15 is 0 Å². The highest BCUT2D eigenvalue weighted by atomic mass is 16.7. The third-order valence-electron chi connectivity index (χ3n) is 6.00. The minimum absolute atomic E-state index is 0.143. The van der Waals surface area contributed by atoms with Gasteiger partial charge in [0.15, 0.2) is 11.6 Å².